The maximum atomic E-state index is 12.9. The summed E-state index contributed by atoms with van der Waals surface area (Å²) in [7, 11) is 1.81. The van der Waals surface area contributed by atoms with Crippen LogP contribution in [0.25, 0.3) is 0 Å². The van der Waals surface area contributed by atoms with Crippen LogP contribution in [0.5, 0.6) is 0 Å². The van der Waals surface area contributed by atoms with E-state index in [0.29, 0.717) is 5.70 Å². The molecular weight excluding hydrogens is 348 g/mol. The van der Waals surface area contributed by atoms with Gasteiger partial charge in [-0.15, -0.1) is 4.31 Å². The Morgan fingerprint density at radius 1 is 1.27 bits per heavy atom. The van der Waals surface area contributed by atoms with Crippen LogP contribution in [0.4, 0.5) is 4.79 Å². The van der Waals surface area contributed by atoms with Crippen LogP contribution < -0.4 is 5.32 Å². The molecule has 0 bridgehead atoms. The number of likely N-dealkylation sites (N-methyl/N-ethyl adjacent to an activating group) is 1. The van der Waals surface area contributed by atoms with Gasteiger partial charge in [0.25, 0.3) is 0 Å². The summed E-state index contributed by atoms with van der Waals surface area (Å²) in [5.74, 6) is 0. The Kier molecular flexibility index (Phi) is 6.21. The number of benzene rings is 1. The Bertz CT molecular complexity index is 710. The summed E-state index contributed by atoms with van der Waals surface area (Å²) in [5, 5.41) is 2.83. The minimum absolute atomic E-state index is 0.201. The van der Waals surface area contributed by atoms with E-state index < -0.39 is 27.7 Å². The summed E-state index contributed by atoms with van der Waals surface area (Å²) >= 11 is -1.24. The van der Waals surface area contributed by atoms with Crippen molar-refractivity contribution in [3.63, 3.8) is 0 Å². The molecular formula is C20H28N2O3S. The van der Waals surface area contributed by atoms with Crippen molar-refractivity contribution in [3.8, 4) is 0 Å². The van der Waals surface area contributed by atoms with E-state index in [4.69, 9.17) is 4.74 Å². The molecule has 0 saturated heterocycles. The average Bonchev–Trinajstić information content (AvgIpc) is 2.88. The van der Waals surface area contributed by atoms with Gasteiger partial charge in [0, 0.05) is 24.1 Å². The third-order valence-electron chi connectivity index (χ3n) is 4.64. The minimum atomic E-state index is -1.24. The van der Waals surface area contributed by atoms with Gasteiger partial charge >= 0.3 is 6.09 Å². The number of hydrogen-bond donors (Lipinski definition) is 1. The molecule has 142 valence electrons. The molecule has 0 aromatic heterocycles. The second kappa shape index (κ2) is 7.86. The van der Waals surface area contributed by atoms with Crippen molar-refractivity contribution in [1.29, 1.82) is 0 Å². The van der Waals surface area contributed by atoms with Gasteiger partial charge < -0.3 is 9.29 Å². The molecule has 0 aliphatic heterocycles. The number of nitrogens with zero attached hydrogens (tertiary/aromatic N) is 1. The average molecular weight is 377 g/mol. The predicted molar refractivity (Wildman–Crippen MR) is 106 cm³/mol. The van der Waals surface area contributed by atoms with Crippen LogP contribution in [0, 0.1) is 0 Å². The molecule has 26 heavy (non-hydrogen) atoms. The highest BCUT2D eigenvalue weighted by Crippen LogP contribution is 2.38. The molecule has 1 N–H and O–H groups in total. The van der Waals surface area contributed by atoms with E-state index in [0.717, 1.165) is 11.1 Å². The molecule has 6 heteroatoms. The summed E-state index contributed by atoms with van der Waals surface area (Å²) in [6.45, 7) is 9.92. The summed E-state index contributed by atoms with van der Waals surface area (Å²) in [5.41, 5.74) is 1.93. The van der Waals surface area contributed by atoms with Crippen LogP contribution in [0.2, 0.25) is 0 Å². The molecule has 0 saturated carbocycles. The van der Waals surface area contributed by atoms with Crippen molar-refractivity contribution >= 4 is 17.5 Å². The monoisotopic (exact) mass is 376 g/mol. The van der Waals surface area contributed by atoms with Crippen molar-refractivity contribution in [2.45, 2.75) is 51.5 Å². The maximum absolute atomic E-state index is 12.9. The third kappa shape index (κ3) is 4.31. The number of rotatable bonds is 5. The molecule has 5 nitrogen and oxygen atoms in total. The van der Waals surface area contributed by atoms with E-state index in [2.05, 4.69) is 5.32 Å². The fraction of sp³-hybridized carbons (Fsp3) is 0.450. The Hall–Kier alpha value is -1.76. The van der Waals surface area contributed by atoms with Crippen molar-refractivity contribution in [3.05, 3.63) is 59.3 Å². The van der Waals surface area contributed by atoms with E-state index in [1.165, 1.54) is 0 Å². The van der Waals surface area contributed by atoms with Crippen LogP contribution in [-0.2, 0) is 22.7 Å². The lowest BCUT2D eigenvalue weighted by atomic mass is 9.94. The molecule has 2 atom stereocenters. The third-order valence-corrected chi connectivity index (χ3v) is 6.55. The van der Waals surface area contributed by atoms with Crippen LogP contribution >= 0.6 is 0 Å². The van der Waals surface area contributed by atoms with Crippen LogP contribution in [0.15, 0.2) is 53.8 Å². The molecule has 1 amide bonds. The first kappa shape index (κ1) is 20.6. The maximum Gasteiger partial charge on any atom is 0.411 e. The first-order valence-electron chi connectivity index (χ1n) is 8.60. The number of ether oxygens (including phenoxy) is 1. The zero-order valence-corrected chi connectivity index (χ0v) is 17.1. The molecule has 1 aromatic rings. The molecule has 0 fully saturated rings. The van der Waals surface area contributed by atoms with Gasteiger partial charge in [-0.1, -0.05) is 36.4 Å². The minimum Gasteiger partial charge on any atom is -0.597 e. The first-order chi connectivity index (χ1) is 12.1. The van der Waals surface area contributed by atoms with E-state index in [1.807, 2.05) is 84.2 Å². The van der Waals surface area contributed by atoms with Gasteiger partial charge in [-0.2, -0.15) is 0 Å². The quantitative estimate of drug-likeness (QED) is 0.792. The Labute approximate surface area is 159 Å². The highest BCUT2D eigenvalue weighted by Gasteiger charge is 2.47. The van der Waals surface area contributed by atoms with Crippen LogP contribution in [0.3, 0.4) is 0 Å². The molecule has 1 unspecified atom stereocenters. The number of carbonyl (C=O) groups is 1. The Morgan fingerprint density at radius 2 is 1.88 bits per heavy atom. The summed E-state index contributed by atoms with van der Waals surface area (Å²) in [4.78, 5) is 12.3. The topological polar surface area (TPSA) is 64.6 Å². The van der Waals surface area contributed by atoms with Crippen molar-refractivity contribution in [1.82, 2.24) is 9.62 Å². The van der Waals surface area contributed by atoms with Gasteiger partial charge in [0.2, 0.25) is 0 Å². The van der Waals surface area contributed by atoms with Crippen molar-refractivity contribution < 1.29 is 14.1 Å². The number of carbonyl (C=O) groups excluding carboxylic acids is 1. The van der Waals surface area contributed by atoms with E-state index in [-0.39, 0.29) is 6.61 Å². The first-order valence-corrected chi connectivity index (χ1v) is 9.70. The zero-order valence-electron chi connectivity index (χ0n) is 16.3. The lowest BCUT2D eigenvalue weighted by molar-refractivity contribution is 0.140. The fourth-order valence-electron chi connectivity index (χ4n) is 2.77. The highest BCUT2D eigenvalue weighted by molar-refractivity contribution is 7.90. The largest absolute Gasteiger partial charge is 0.597 e. The molecule has 1 aliphatic rings. The number of alkyl carbamates (subject to hydrolysis) is 1. The van der Waals surface area contributed by atoms with Gasteiger partial charge in [-0.05, 0) is 51.8 Å². The molecule has 0 heterocycles. The van der Waals surface area contributed by atoms with E-state index in [1.54, 1.807) is 4.31 Å². The van der Waals surface area contributed by atoms with Gasteiger partial charge in [0.05, 0.1) is 0 Å². The molecule has 1 aliphatic carbocycles. The van der Waals surface area contributed by atoms with Gasteiger partial charge in [-0.3, -0.25) is 5.32 Å². The SMILES string of the molecule is CC1=CC=C(NC(=O)OCc2ccccc2)C1(C)N(C)[S@+]([O-])C(C)(C)C. The van der Waals surface area contributed by atoms with Gasteiger partial charge in [0.1, 0.15) is 16.9 Å². The summed E-state index contributed by atoms with van der Waals surface area (Å²) in [6, 6.07) is 9.52. The molecule has 0 radical (unpaired) electrons. The second-order valence-electron chi connectivity index (χ2n) is 7.55. The number of allylic oxidation sites excluding steroid dienone is 2. The number of hydrogen-bond acceptors (Lipinski definition) is 4. The summed E-state index contributed by atoms with van der Waals surface area (Å²) < 4.78 is 19.6. The Balaban J connectivity index is 2.07. The van der Waals surface area contributed by atoms with E-state index >= 15 is 0 Å². The lowest BCUT2D eigenvalue weighted by Gasteiger charge is -2.42. The van der Waals surface area contributed by atoms with Gasteiger partial charge in [-0.25, -0.2) is 4.79 Å². The molecule has 1 aromatic carbocycles. The smallest absolute Gasteiger partial charge is 0.411 e. The van der Waals surface area contributed by atoms with Crippen LogP contribution in [0.1, 0.15) is 40.2 Å². The standard InChI is InChI=1S/C20H28N2O3S/c1-15-12-13-17(20(15,5)22(6)26(24)19(2,3)4)21-18(23)25-14-16-10-8-7-9-11-16/h7-13H,14H2,1-6H3,(H,21,23)/t20?,26-/m1/s1. The fourth-order valence-corrected chi connectivity index (χ4v) is 4.17. The molecule has 2 rings (SSSR count). The number of nitrogens with one attached hydrogen (secondary N) is 1. The summed E-state index contributed by atoms with van der Waals surface area (Å²) in [6.07, 6.45) is 3.25. The van der Waals surface area contributed by atoms with Crippen molar-refractivity contribution in [2.24, 2.45) is 0 Å². The lowest BCUT2D eigenvalue weighted by Crippen LogP contribution is -2.56. The second-order valence-corrected chi connectivity index (χ2v) is 9.82. The van der Waals surface area contributed by atoms with E-state index in [9.17, 15) is 9.35 Å². The normalized spacial score (nSPS) is 21.2. The van der Waals surface area contributed by atoms with Gasteiger partial charge in [0.15, 0.2) is 0 Å². The highest BCUT2D eigenvalue weighted by atomic mass is 32.2. The van der Waals surface area contributed by atoms with Crippen molar-refractivity contribution in [2.75, 3.05) is 7.05 Å². The van der Waals surface area contributed by atoms with Crippen LogP contribution in [-0.4, -0.2) is 32.3 Å². The predicted octanol–water partition coefficient (Wildman–Crippen LogP) is 3.91. The molecule has 0 spiro atoms. The number of amides is 1. The Morgan fingerprint density at radius 3 is 2.46 bits per heavy atom. The zero-order chi connectivity index (χ0) is 19.5.